The van der Waals surface area contributed by atoms with Gasteiger partial charge in [0.25, 0.3) is 5.56 Å². The SMILES string of the molecule is O=c1[nH]c(-c2cncnc2)nc2c1CN(Cc1cnccc1Cl)CC2. The normalized spacial score (nSPS) is 14.3. The highest BCUT2D eigenvalue weighted by Gasteiger charge is 2.22. The van der Waals surface area contributed by atoms with E-state index in [-0.39, 0.29) is 5.56 Å². The molecule has 8 heteroatoms. The molecule has 0 unspecified atom stereocenters. The Kier molecular flexibility index (Phi) is 4.25. The van der Waals surface area contributed by atoms with Gasteiger partial charge >= 0.3 is 0 Å². The molecule has 0 aliphatic carbocycles. The number of nitrogens with one attached hydrogen (secondary N) is 1. The molecule has 3 aromatic rings. The molecular formula is C17H15ClN6O. The summed E-state index contributed by atoms with van der Waals surface area (Å²) < 4.78 is 0. The van der Waals surface area contributed by atoms with E-state index in [0.717, 1.165) is 17.8 Å². The lowest BCUT2D eigenvalue weighted by Crippen LogP contribution is -2.35. The van der Waals surface area contributed by atoms with Crippen molar-refractivity contribution in [2.24, 2.45) is 0 Å². The number of halogens is 1. The van der Waals surface area contributed by atoms with Crippen molar-refractivity contribution in [2.75, 3.05) is 6.54 Å². The summed E-state index contributed by atoms with van der Waals surface area (Å²) in [6.07, 6.45) is 8.85. The molecule has 7 nitrogen and oxygen atoms in total. The third-order valence-corrected chi connectivity index (χ3v) is 4.59. The van der Waals surface area contributed by atoms with E-state index in [4.69, 9.17) is 11.6 Å². The van der Waals surface area contributed by atoms with Crippen LogP contribution in [0.25, 0.3) is 11.4 Å². The van der Waals surface area contributed by atoms with Crippen molar-refractivity contribution in [1.82, 2.24) is 29.8 Å². The van der Waals surface area contributed by atoms with Crippen LogP contribution in [0.1, 0.15) is 16.8 Å². The van der Waals surface area contributed by atoms with Gasteiger partial charge in [-0.2, -0.15) is 0 Å². The molecule has 0 radical (unpaired) electrons. The molecular weight excluding hydrogens is 340 g/mol. The van der Waals surface area contributed by atoms with E-state index in [0.29, 0.717) is 41.5 Å². The second-order valence-electron chi connectivity index (χ2n) is 5.89. The highest BCUT2D eigenvalue weighted by molar-refractivity contribution is 6.31. The van der Waals surface area contributed by atoms with Gasteiger partial charge in [-0.15, -0.1) is 0 Å². The molecule has 0 saturated heterocycles. The molecule has 126 valence electrons. The maximum Gasteiger partial charge on any atom is 0.255 e. The predicted octanol–water partition coefficient (Wildman–Crippen LogP) is 1.83. The summed E-state index contributed by atoms with van der Waals surface area (Å²) in [6.45, 7) is 1.99. The average molecular weight is 355 g/mol. The molecule has 4 rings (SSSR count). The van der Waals surface area contributed by atoms with Gasteiger partial charge in [-0.25, -0.2) is 15.0 Å². The zero-order valence-electron chi connectivity index (χ0n) is 13.3. The minimum absolute atomic E-state index is 0.120. The Balaban J connectivity index is 1.60. The fourth-order valence-electron chi connectivity index (χ4n) is 2.94. The lowest BCUT2D eigenvalue weighted by Gasteiger charge is -2.27. The summed E-state index contributed by atoms with van der Waals surface area (Å²) in [7, 11) is 0. The Bertz CT molecular complexity index is 959. The highest BCUT2D eigenvalue weighted by Crippen LogP contribution is 2.21. The molecule has 1 aliphatic heterocycles. The number of hydrogen-bond donors (Lipinski definition) is 1. The lowest BCUT2D eigenvalue weighted by molar-refractivity contribution is 0.241. The monoisotopic (exact) mass is 354 g/mol. The van der Waals surface area contributed by atoms with E-state index in [1.807, 2.05) is 0 Å². The van der Waals surface area contributed by atoms with Gasteiger partial charge in [0.1, 0.15) is 12.2 Å². The Morgan fingerprint density at radius 3 is 2.84 bits per heavy atom. The second kappa shape index (κ2) is 6.70. The second-order valence-corrected chi connectivity index (χ2v) is 6.30. The zero-order chi connectivity index (χ0) is 17.2. The van der Waals surface area contributed by atoms with Gasteiger partial charge in [-0.3, -0.25) is 14.7 Å². The number of aromatic nitrogens is 5. The van der Waals surface area contributed by atoms with Gasteiger partial charge in [0.2, 0.25) is 0 Å². The first-order valence-corrected chi connectivity index (χ1v) is 8.26. The average Bonchev–Trinajstić information content (AvgIpc) is 2.65. The van der Waals surface area contributed by atoms with E-state index < -0.39 is 0 Å². The van der Waals surface area contributed by atoms with Crippen LogP contribution >= 0.6 is 11.6 Å². The van der Waals surface area contributed by atoms with Crippen LogP contribution in [0.15, 0.2) is 42.0 Å². The van der Waals surface area contributed by atoms with Gasteiger partial charge in [-0.05, 0) is 6.07 Å². The van der Waals surface area contributed by atoms with Crippen LogP contribution < -0.4 is 5.56 Å². The van der Waals surface area contributed by atoms with Gasteiger partial charge < -0.3 is 4.98 Å². The maximum atomic E-state index is 12.5. The summed E-state index contributed by atoms with van der Waals surface area (Å²) in [5.74, 6) is 0.508. The van der Waals surface area contributed by atoms with Crippen LogP contribution in [0, 0.1) is 0 Å². The third kappa shape index (κ3) is 3.29. The molecule has 0 amide bonds. The third-order valence-electron chi connectivity index (χ3n) is 4.22. The van der Waals surface area contributed by atoms with E-state index in [9.17, 15) is 4.79 Å². The molecule has 0 bridgehead atoms. The molecule has 0 atom stereocenters. The van der Waals surface area contributed by atoms with Crippen molar-refractivity contribution in [1.29, 1.82) is 0 Å². The number of hydrogen-bond acceptors (Lipinski definition) is 6. The fraction of sp³-hybridized carbons (Fsp3) is 0.235. The molecule has 25 heavy (non-hydrogen) atoms. The predicted molar refractivity (Wildman–Crippen MR) is 92.9 cm³/mol. The first-order valence-electron chi connectivity index (χ1n) is 7.89. The summed E-state index contributed by atoms with van der Waals surface area (Å²) in [5.41, 5.74) is 3.07. The molecule has 1 N–H and O–H groups in total. The minimum atomic E-state index is -0.120. The molecule has 1 aliphatic rings. The Labute approximate surface area is 148 Å². The molecule has 3 aromatic heterocycles. The van der Waals surface area contributed by atoms with Crippen LogP contribution in [0.2, 0.25) is 5.02 Å². The summed E-state index contributed by atoms with van der Waals surface area (Å²) in [6, 6.07) is 1.78. The first kappa shape index (κ1) is 15.9. The van der Waals surface area contributed by atoms with Crippen molar-refractivity contribution in [3.63, 3.8) is 0 Å². The number of aromatic amines is 1. The van der Waals surface area contributed by atoms with Crippen molar-refractivity contribution >= 4 is 11.6 Å². The number of rotatable bonds is 3. The summed E-state index contributed by atoms with van der Waals surface area (Å²) in [4.78, 5) is 34.2. The highest BCUT2D eigenvalue weighted by atomic mass is 35.5. The molecule has 0 spiro atoms. The van der Waals surface area contributed by atoms with Gasteiger partial charge in [-0.1, -0.05) is 11.6 Å². The number of nitrogens with zero attached hydrogens (tertiary/aromatic N) is 5. The van der Waals surface area contributed by atoms with Crippen LogP contribution in [0.3, 0.4) is 0 Å². The van der Waals surface area contributed by atoms with E-state index in [1.54, 1.807) is 30.9 Å². The van der Waals surface area contributed by atoms with Crippen LogP contribution in [0.5, 0.6) is 0 Å². The lowest BCUT2D eigenvalue weighted by atomic mass is 10.1. The van der Waals surface area contributed by atoms with Crippen molar-refractivity contribution in [3.8, 4) is 11.4 Å². The van der Waals surface area contributed by atoms with Gasteiger partial charge in [0, 0.05) is 61.4 Å². The van der Waals surface area contributed by atoms with E-state index >= 15 is 0 Å². The van der Waals surface area contributed by atoms with Crippen LogP contribution in [-0.2, 0) is 19.5 Å². The molecule has 0 fully saturated rings. The van der Waals surface area contributed by atoms with Gasteiger partial charge in [0.15, 0.2) is 0 Å². The first-order chi connectivity index (χ1) is 12.2. The van der Waals surface area contributed by atoms with Crippen molar-refractivity contribution in [3.05, 3.63) is 69.4 Å². The van der Waals surface area contributed by atoms with Crippen molar-refractivity contribution in [2.45, 2.75) is 19.5 Å². The van der Waals surface area contributed by atoms with Crippen LogP contribution in [-0.4, -0.2) is 36.4 Å². The Morgan fingerprint density at radius 2 is 2.04 bits per heavy atom. The topological polar surface area (TPSA) is 87.7 Å². The Morgan fingerprint density at radius 1 is 1.20 bits per heavy atom. The largest absolute Gasteiger partial charge is 0.306 e. The minimum Gasteiger partial charge on any atom is -0.306 e. The number of H-pyrrole nitrogens is 1. The van der Waals surface area contributed by atoms with Crippen LogP contribution in [0.4, 0.5) is 0 Å². The molecule has 0 saturated carbocycles. The van der Waals surface area contributed by atoms with Gasteiger partial charge in [0.05, 0.1) is 16.8 Å². The molecule has 4 heterocycles. The van der Waals surface area contributed by atoms with E-state index in [2.05, 4.69) is 29.8 Å². The molecule has 0 aromatic carbocycles. The van der Waals surface area contributed by atoms with E-state index in [1.165, 1.54) is 6.33 Å². The number of pyridine rings is 1. The smallest absolute Gasteiger partial charge is 0.255 e. The van der Waals surface area contributed by atoms with Crippen molar-refractivity contribution < 1.29 is 0 Å². The summed E-state index contributed by atoms with van der Waals surface area (Å²) in [5, 5.41) is 0.687. The maximum absolute atomic E-state index is 12.5. The standard InChI is InChI=1S/C17H15ClN6O/c18-14-1-3-19-7-12(14)8-24-4-2-15-13(9-24)17(25)23-16(22-15)11-5-20-10-21-6-11/h1,3,5-7,10H,2,4,8-9H2,(H,22,23,25). The number of fused-ring (bicyclic) bond motifs is 1. The fourth-order valence-corrected chi connectivity index (χ4v) is 3.11. The zero-order valence-corrected chi connectivity index (χ0v) is 14.1. The quantitative estimate of drug-likeness (QED) is 0.772. The Hall–Kier alpha value is -2.64. The summed E-state index contributed by atoms with van der Waals surface area (Å²) >= 11 is 6.20.